The molecule has 6 heteroatoms. The van der Waals surface area contributed by atoms with Crippen LogP contribution >= 0.6 is 23.2 Å². The fourth-order valence-electron chi connectivity index (χ4n) is 2.42. The van der Waals surface area contributed by atoms with E-state index in [4.69, 9.17) is 23.2 Å². The predicted octanol–water partition coefficient (Wildman–Crippen LogP) is 4.56. The van der Waals surface area contributed by atoms with E-state index < -0.39 is 0 Å². The van der Waals surface area contributed by atoms with E-state index in [0.29, 0.717) is 22.3 Å². The average Bonchev–Trinajstić information content (AvgIpc) is 2.57. The highest BCUT2D eigenvalue weighted by molar-refractivity contribution is 6.31. The minimum Gasteiger partial charge on any atom is -0.310 e. The summed E-state index contributed by atoms with van der Waals surface area (Å²) in [6.07, 6.45) is 2.23. The molecule has 0 spiro atoms. The Morgan fingerprint density at radius 3 is 2.64 bits per heavy atom. The number of nitrogens with zero attached hydrogens (tertiary/aromatic N) is 2. The predicted molar refractivity (Wildman–Crippen MR) is 100 cm³/mol. The average molecular weight is 372 g/mol. The summed E-state index contributed by atoms with van der Waals surface area (Å²) in [5.74, 6) is 0.282. The number of nitrogens with one attached hydrogen (secondary N) is 1. The number of carbonyl (C=O) groups is 1. The first kappa shape index (κ1) is 17.4. The van der Waals surface area contributed by atoms with Gasteiger partial charge in [0, 0.05) is 22.5 Å². The maximum absolute atomic E-state index is 12.2. The number of anilines is 1. The van der Waals surface area contributed by atoms with Gasteiger partial charge in [0.2, 0.25) is 5.91 Å². The third-order valence-electron chi connectivity index (χ3n) is 3.57. The van der Waals surface area contributed by atoms with Gasteiger partial charge >= 0.3 is 0 Å². The third-order valence-corrected chi connectivity index (χ3v) is 4.18. The van der Waals surface area contributed by atoms with E-state index in [2.05, 4.69) is 15.3 Å². The SMILES string of the molecule is O=C(Cc1ccccc1Cl)Nc1cc(Cc2cccc(Cl)c2)ncn1. The Morgan fingerprint density at radius 1 is 1.00 bits per heavy atom. The summed E-state index contributed by atoms with van der Waals surface area (Å²) in [7, 11) is 0. The van der Waals surface area contributed by atoms with E-state index in [1.54, 1.807) is 12.1 Å². The van der Waals surface area contributed by atoms with Crippen LogP contribution in [0.5, 0.6) is 0 Å². The van der Waals surface area contributed by atoms with Gasteiger partial charge in [0.05, 0.1) is 12.1 Å². The lowest BCUT2D eigenvalue weighted by Gasteiger charge is -2.07. The van der Waals surface area contributed by atoms with E-state index in [0.717, 1.165) is 16.8 Å². The van der Waals surface area contributed by atoms with Crippen molar-refractivity contribution in [2.45, 2.75) is 12.8 Å². The molecule has 0 aliphatic rings. The molecule has 1 aromatic heterocycles. The first-order valence-electron chi connectivity index (χ1n) is 7.69. The summed E-state index contributed by atoms with van der Waals surface area (Å²) in [4.78, 5) is 20.5. The summed E-state index contributed by atoms with van der Waals surface area (Å²) in [5.41, 5.74) is 2.61. The van der Waals surface area contributed by atoms with Crippen LogP contribution in [0.3, 0.4) is 0 Å². The van der Waals surface area contributed by atoms with Crippen molar-refractivity contribution < 1.29 is 4.79 Å². The Balaban J connectivity index is 1.67. The van der Waals surface area contributed by atoms with Gasteiger partial charge in [-0.15, -0.1) is 0 Å². The number of halogens is 2. The highest BCUT2D eigenvalue weighted by atomic mass is 35.5. The van der Waals surface area contributed by atoms with Crippen LogP contribution in [-0.4, -0.2) is 15.9 Å². The standard InChI is InChI=1S/C19H15Cl2N3O/c20-15-6-3-4-13(8-15)9-16-11-18(23-12-22-16)24-19(25)10-14-5-1-2-7-17(14)21/h1-8,11-12H,9-10H2,(H,22,23,24,25). The van der Waals surface area contributed by atoms with Crippen molar-refractivity contribution in [3.63, 3.8) is 0 Å². The fraction of sp³-hybridized carbons (Fsp3) is 0.105. The lowest BCUT2D eigenvalue weighted by Crippen LogP contribution is -2.16. The molecule has 0 fully saturated rings. The maximum Gasteiger partial charge on any atom is 0.230 e. The maximum atomic E-state index is 12.2. The van der Waals surface area contributed by atoms with Gasteiger partial charge in [0.15, 0.2) is 0 Å². The van der Waals surface area contributed by atoms with E-state index >= 15 is 0 Å². The highest BCUT2D eigenvalue weighted by Gasteiger charge is 2.09. The molecule has 0 saturated heterocycles. The molecule has 2 aromatic carbocycles. The highest BCUT2D eigenvalue weighted by Crippen LogP contribution is 2.17. The summed E-state index contributed by atoms with van der Waals surface area (Å²) in [6.45, 7) is 0. The molecular formula is C19H15Cl2N3O. The molecule has 0 saturated carbocycles. The van der Waals surface area contributed by atoms with E-state index in [1.165, 1.54) is 6.33 Å². The van der Waals surface area contributed by atoms with Gasteiger partial charge in [-0.25, -0.2) is 9.97 Å². The Hall–Kier alpha value is -2.43. The van der Waals surface area contributed by atoms with Crippen molar-refractivity contribution >= 4 is 34.9 Å². The first-order valence-corrected chi connectivity index (χ1v) is 8.44. The second kappa shape index (κ2) is 8.10. The fourth-order valence-corrected chi connectivity index (χ4v) is 2.84. The molecule has 1 N–H and O–H groups in total. The van der Waals surface area contributed by atoms with Crippen LogP contribution in [0.25, 0.3) is 0 Å². The molecule has 126 valence electrons. The molecule has 0 aliphatic heterocycles. The molecule has 0 unspecified atom stereocenters. The molecular weight excluding hydrogens is 357 g/mol. The second-order valence-corrected chi connectivity index (χ2v) is 6.36. The number of rotatable bonds is 5. The summed E-state index contributed by atoms with van der Waals surface area (Å²) < 4.78 is 0. The van der Waals surface area contributed by atoms with Crippen molar-refractivity contribution in [3.05, 3.63) is 87.8 Å². The monoisotopic (exact) mass is 371 g/mol. The van der Waals surface area contributed by atoms with Gasteiger partial charge in [0.1, 0.15) is 12.1 Å². The Morgan fingerprint density at radius 2 is 1.84 bits per heavy atom. The zero-order chi connectivity index (χ0) is 17.6. The van der Waals surface area contributed by atoms with Gasteiger partial charge in [-0.05, 0) is 29.3 Å². The topological polar surface area (TPSA) is 54.9 Å². The molecule has 0 radical (unpaired) electrons. The first-order chi connectivity index (χ1) is 12.1. The van der Waals surface area contributed by atoms with Gasteiger partial charge in [-0.2, -0.15) is 0 Å². The number of amides is 1. The Kier molecular flexibility index (Phi) is 5.64. The van der Waals surface area contributed by atoms with Gasteiger partial charge < -0.3 is 5.32 Å². The van der Waals surface area contributed by atoms with Crippen LogP contribution in [0.4, 0.5) is 5.82 Å². The van der Waals surface area contributed by atoms with Gasteiger partial charge in [-0.1, -0.05) is 53.5 Å². The minimum absolute atomic E-state index is 0.180. The van der Waals surface area contributed by atoms with Crippen molar-refractivity contribution in [1.82, 2.24) is 9.97 Å². The molecule has 1 amide bonds. The largest absolute Gasteiger partial charge is 0.310 e. The summed E-state index contributed by atoms with van der Waals surface area (Å²) >= 11 is 12.1. The molecule has 3 rings (SSSR count). The zero-order valence-electron chi connectivity index (χ0n) is 13.2. The zero-order valence-corrected chi connectivity index (χ0v) is 14.8. The van der Waals surface area contributed by atoms with Crippen molar-refractivity contribution in [1.29, 1.82) is 0 Å². The number of aromatic nitrogens is 2. The van der Waals surface area contributed by atoms with Crippen molar-refractivity contribution in [3.8, 4) is 0 Å². The smallest absolute Gasteiger partial charge is 0.230 e. The van der Waals surface area contributed by atoms with Crippen LogP contribution < -0.4 is 5.32 Å². The van der Waals surface area contributed by atoms with Gasteiger partial charge in [-0.3, -0.25) is 4.79 Å². The number of benzene rings is 2. The summed E-state index contributed by atoms with van der Waals surface area (Å²) in [5, 5.41) is 4.03. The van der Waals surface area contributed by atoms with E-state index in [1.807, 2.05) is 42.5 Å². The van der Waals surface area contributed by atoms with Crippen LogP contribution in [0.2, 0.25) is 10.0 Å². The third kappa shape index (κ3) is 5.02. The molecule has 1 heterocycles. The molecule has 0 aliphatic carbocycles. The summed E-state index contributed by atoms with van der Waals surface area (Å²) in [6, 6.07) is 16.6. The van der Waals surface area contributed by atoms with Crippen LogP contribution in [0, 0.1) is 0 Å². The second-order valence-electron chi connectivity index (χ2n) is 5.52. The molecule has 3 aromatic rings. The van der Waals surface area contributed by atoms with Crippen molar-refractivity contribution in [2.75, 3.05) is 5.32 Å². The van der Waals surface area contributed by atoms with Crippen molar-refractivity contribution in [2.24, 2.45) is 0 Å². The molecule has 25 heavy (non-hydrogen) atoms. The van der Waals surface area contributed by atoms with Crippen LogP contribution in [0.15, 0.2) is 60.9 Å². The van der Waals surface area contributed by atoms with E-state index in [-0.39, 0.29) is 12.3 Å². The molecule has 0 bridgehead atoms. The molecule has 4 nitrogen and oxygen atoms in total. The normalized spacial score (nSPS) is 10.5. The lowest BCUT2D eigenvalue weighted by atomic mass is 10.1. The quantitative estimate of drug-likeness (QED) is 0.715. The van der Waals surface area contributed by atoms with Gasteiger partial charge in [0.25, 0.3) is 0 Å². The Labute approximate surface area is 155 Å². The number of hydrogen-bond acceptors (Lipinski definition) is 3. The van der Waals surface area contributed by atoms with E-state index in [9.17, 15) is 4.79 Å². The van der Waals surface area contributed by atoms with Crippen LogP contribution in [0.1, 0.15) is 16.8 Å². The number of carbonyl (C=O) groups excluding carboxylic acids is 1. The number of hydrogen-bond donors (Lipinski definition) is 1. The Bertz CT molecular complexity index is 899. The lowest BCUT2D eigenvalue weighted by molar-refractivity contribution is -0.115. The van der Waals surface area contributed by atoms with Crippen LogP contribution in [-0.2, 0) is 17.6 Å². The minimum atomic E-state index is -0.180. The molecule has 0 atom stereocenters.